The molecule has 0 radical (unpaired) electrons. The largest absolute Gasteiger partial charge is 0.340 e. The second kappa shape index (κ2) is 6.21. The van der Waals surface area contributed by atoms with Gasteiger partial charge in [-0.2, -0.15) is 0 Å². The van der Waals surface area contributed by atoms with Gasteiger partial charge in [0.1, 0.15) is 0 Å². The molecule has 1 rings (SSSR count). The van der Waals surface area contributed by atoms with Crippen LogP contribution in [-0.4, -0.2) is 54.5 Å². The van der Waals surface area contributed by atoms with Gasteiger partial charge in [-0.15, -0.1) is 0 Å². The number of rotatable bonds is 4. The van der Waals surface area contributed by atoms with Gasteiger partial charge in [-0.25, -0.2) is 0 Å². The maximum absolute atomic E-state index is 11.8. The summed E-state index contributed by atoms with van der Waals surface area (Å²) in [6.45, 7) is 6.51. The van der Waals surface area contributed by atoms with E-state index < -0.39 is 0 Å². The molecule has 4 heteroatoms. The van der Waals surface area contributed by atoms with Gasteiger partial charge in [0, 0.05) is 19.1 Å². The third kappa shape index (κ3) is 3.46. The van der Waals surface area contributed by atoms with E-state index in [9.17, 15) is 4.79 Å². The molecule has 1 aliphatic heterocycles. The van der Waals surface area contributed by atoms with Crippen molar-refractivity contribution in [2.24, 2.45) is 5.73 Å². The van der Waals surface area contributed by atoms with Crippen molar-refractivity contribution in [3.8, 4) is 0 Å². The second-order valence-corrected chi connectivity index (χ2v) is 4.80. The van der Waals surface area contributed by atoms with E-state index >= 15 is 0 Å². The molecule has 0 aliphatic carbocycles. The second-order valence-electron chi connectivity index (χ2n) is 4.80. The van der Waals surface area contributed by atoms with Crippen LogP contribution < -0.4 is 5.73 Å². The highest BCUT2D eigenvalue weighted by atomic mass is 16.2. The Hall–Kier alpha value is -0.610. The van der Waals surface area contributed by atoms with E-state index in [0.29, 0.717) is 6.04 Å². The quantitative estimate of drug-likeness (QED) is 0.768. The van der Waals surface area contributed by atoms with Crippen LogP contribution in [0.5, 0.6) is 0 Å². The van der Waals surface area contributed by atoms with Gasteiger partial charge in [-0.1, -0.05) is 6.42 Å². The summed E-state index contributed by atoms with van der Waals surface area (Å²) in [6, 6.07) is 0.130. The molecule has 1 amide bonds. The fourth-order valence-corrected chi connectivity index (χ4v) is 2.29. The number of likely N-dealkylation sites (tertiary alicyclic amines) is 1. The number of amides is 1. The molecule has 1 aliphatic rings. The molecule has 2 atom stereocenters. The maximum atomic E-state index is 11.8. The lowest BCUT2D eigenvalue weighted by molar-refractivity contribution is -0.132. The van der Waals surface area contributed by atoms with Crippen molar-refractivity contribution in [3.05, 3.63) is 0 Å². The molecule has 2 N–H and O–H groups in total. The summed E-state index contributed by atoms with van der Waals surface area (Å²) < 4.78 is 0. The minimum atomic E-state index is -0.381. The molecule has 0 aromatic carbocycles. The lowest BCUT2D eigenvalue weighted by atomic mass is 10.0. The van der Waals surface area contributed by atoms with Crippen LogP contribution in [0.4, 0.5) is 0 Å². The lowest BCUT2D eigenvalue weighted by Gasteiger charge is -2.36. The summed E-state index contributed by atoms with van der Waals surface area (Å²) in [5.74, 6) is 0.0708. The van der Waals surface area contributed by atoms with Crippen LogP contribution in [0.2, 0.25) is 0 Å². The van der Waals surface area contributed by atoms with E-state index in [1.807, 2.05) is 11.8 Å². The highest BCUT2D eigenvalue weighted by molar-refractivity contribution is 5.81. The van der Waals surface area contributed by atoms with E-state index in [1.165, 1.54) is 19.3 Å². The minimum absolute atomic E-state index is 0.0708. The molecule has 4 nitrogen and oxygen atoms in total. The predicted octanol–water partition coefficient (Wildman–Crippen LogP) is 0.666. The molecule has 94 valence electrons. The molecule has 16 heavy (non-hydrogen) atoms. The number of nitrogens with zero attached hydrogens (tertiary/aromatic N) is 2. The fraction of sp³-hybridized carbons (Fsp3) is 0.917. The van der Waals surface area contributed by atoms with Crippen molar-refractivity contribution < 1.29 is 4.79 Å². The van der Waals surface area contributed by atoms with Crippen molar-refractivity contribution in [2.45, 2.75) is 45.2 Å². The molecule has 0 bridgehead atoms. The van der Waals surface area contributed by atoms with Crippen LogP contribution in [-0.2, 0) is 4.79 Å². The van der Waals surface area contributed by atoms with Crippen LogP contribution in [0.1, 0.15) is 33.1 Å². The summed E-state index contributed by atoms with van der Waals surface area (Å²) in [5.41, 5.74) is 5.65. The zero-order valence-electron chi connectivity index (χ0n) is 10.8. The first-order valence-electron chi connectivity index (χ1n) is 6.30. The Morgan fingerprint density at radius 3 is 2.75 bits per heavy atom. The van der Waals surface area contributed by atoms with Gasteiger partial charge >= 0.3 is 0 Å². The van der Waals surface area contributed by atoms with Crippen molar-refractivity contribution in [1.29, 1.82) is 0 Å². The molecule has 0 aromatic heterocycles. The first-order valence-corrected chi connectivity index (χ1v) is 6.30. The van der Waals surface area contributed by atoms with E-state index in [0.717, 1.165) is 19.6 Å². The summed E-state index contributed by atoms with van der Waals surface area (Å²) >= 11 is 0. The number of nitrogens with two attached hydrogens (primary N) is 1. The third-order valence-corrected chi connectivity index (χ3v) is 3.44. The molecule has 1 saturated heterocycles. The molecule has 1 heterocycles. The first-order chi connectivity index (χ1) is 7.56. The molecule has 0 unspecified atom stereocenters. The van der Waals surface area contributed by atoms with Crippen LogP contribution in [0.15, 0.2) is 0 Å². The topological polar surface area (TPSA) is 49.6 Å². The van der Waals surface area contributed by atoms with Crippen LogP contribution in [0, 0.1) is 0 Å². The SMILES string of the molecule is CCN(C[C@H]1CCCCN1C)C(=O)[C@H](C)N. The molecule has 0 spiro atoms. The summed E-state index contributed by atoms with van der Waals surface area (Å²) in [6.07, 6.45) is 3.75. The monoisotopic (exact) mass is 227 g/mol. The van der Waals surface area contributed by atoms with Gasteiger partial charge in [0.2, 0.25) is 5.91 Å². The van der Waals surface area contributed by atoms with Crippen LogP contribution in [0.25, 0.3) is 0 Å². The zero-order chi connectivity index (χ0) is 12.1. The van der Waals surface area contributed by atoms with E-state index in [2.05, 4.69) is 11.9 Å². The van der Waals surface area contributed by atoms with Crippen LogP contribution >= 0.6 is 0 Å². The summed E-state index contributed by atoms with van der Waals surface area (Å²) in [7, 11) is 2.15. The lowest BCUT2D eigenvalue weighted by Crippen LogP contribution is -2.50. The number of hydrogen-bond donors (Lipinski definition) is 1. The van der Waals surface area contributed by atoms with Crippen molar-refractivity contribution >= 4 is 5.91 Å². The van der Waals surface area contributed by atoms with Crippen molar-refractivity contribution in [1.82, 2.24) is 9.80 Å². The Kier molecular flexibility index (Phi) is 5.22. The van der Waals surface area contributed by atoms with Gasteiger partial charge in [0.25, 0.3) is 0 Å². The summed E-state index contributed by atoms with van der Waals surface area (Å²) in [4.78, 5) is 16.1. The van der Waals surface area contributed by atoms with Gasteiger partial charge < -0.3 is 15.5 Å². The molecule has 1 fully saturated rings. The third-order valence-electron chi connectivity index (χ3n) is 3.44. The van der Waals surface area contributed by atoms with Crippen molar-refractivity contribution in [3.63, 3.8) is 0 Å². The van der Waals surface area contributed by atoms with Gasteiger partial charge in [-0.05, 0) is 40.3 Å². The number of carbonyl (C=O) groups is 1. The normalized spacial score (nSPS) is 24.1. The number of carbonyl (C=O) groups excluding carboxylic acids is 1. The molecular formula is C12H25N3O. The maximum Gasteiger partial charge on any atom is 0.239 e. The van der Waals surface area contributed by atoms with Crippen molar-refractivity contribution in [2.75, 3.05) is 26.7 Å². The predicted molar refractivity (Wildman–Crippen MR) is 66.2 cm³/mol. The van der Waals surface area contributed by atoms with E-state index in [1.54, 1.807) is 6.92 Å². The molecular weight excluding hydrogens is 202 g/mol. The van der Waals surface area contributed by atoms with Gasteiger partial charge in [-0.3, -0.25) is 4.79 Å². The first kappa shape index (κ1) is 13.5. The Balaban J connectivity index is 2.51. The average Bonchev–Trinajstić information content (AvgIpc) is 2.27. The number of piperidine rings is 1. The number of likely N-dealkylation sites (N-methyl/N-ethyl adjacent to an activating group) is 2. The Bertz CT molecular complexity index is 230. The zero-order valence-corrected chi connectivity index (χ0v) is 10.8. The highest BCUT2D eigenvalue weighted by Crippen LogP contribution is 2.16. The smallest absolute Gasteiger partial charge is 0.239 e. The Morgan fingerprint density at radius 2 is 2.25 bits per heavy atom. The van der Waals surface area contributed by atoms with Gasteiger partial charge in [0.05, 0.1) is 6.04 Å². The fourth-order valence-electron chi connectivity index (χ4n) is 2.29. The van der Waals surface area contributed by atoms with Crippen LogP contribution in [0.3, 0.4) is 0 Å². The standard InChI is InChI=1S/C12H25N3O/c1-4-15(12(16)10(2)13)9-11-7-5-6-8-14(11)3/h10-11H,4-9,13H2,1-3H3/t10-,11+/m0/s1. The number of hydrogen-bond acceptors (Lipinski definition) is 3. The highest BCUT2D eigenvalue weighted by Gasteiger charge is 2.24. The molecule has 0 aromatic rings. The minimum Gasteiger partial charge on any atom is -0.340 e. The van der Waals surface area contributed by atoms with E-state index in [4.69, 9.17) is 5.73 Å². The average molecular weight is 227 g/mol. The Morgan fingerprint density at radius 1 is 1.56 bits per heavy atom. The Labute approximate surface area is 98.8 Å². The molecule has 0 saturated carbocycles. The summed E-state index contributed by atoms with van der Waals surface area (Å²) in [5, 5.41) is 0. The van der Waals surface area contributed by atoms with Gasteiger partial charge in [0.15, 0.2) is 0 Å². The van der Waals surface area contributed by atoms with E-state index in [-0.39, 0.29) is 11.9 Å².